The zero-order valence-electron chi connectivity index (χ0n) is 10.8. The van der Waals surface area contributed by atoms with Crippen LogP contribution in [0, 0.1) is 16.7 Å². The predicted octanol–water partition coefficient (Wildman–Crippen LogP) is 1.75. The van der Waals surface area contributed by atoms with Crippen molar-refractivity contribution >= 4 is 5.91 Å². The molecular formula is C12H21F2NO2. The summed E-state index contributed by atoms with van der Waals surface area (Å²) < 4.78 is 24.7. The number of aliphatic hydroxyl groups is 1. The third-order valence-electron chi connectivity index (χ3n) is 4.31. The van der Waals surface area contributed by atoms with Crippen LogP contribution in [0.2, 0.25) is 0 Å². The van der Waals surface area contributed by atoms with Crippen LogP contribution in [0.3, 0.4) is 0 Å². The van der Waals surface area contributed by atoms with E-state index in [-0.39, 0.29) is 35.8 Å². The Morgan fingerprint density at radius 2 is 1.76 bits per heavy atom. The van der Waals surface area contributed by atoms with Gasteiger partial charge in [-0.2, -0.15) is 0 Å². The van der Waals surface area contributed by atoms with Gasteiger partial charge < -0.3 is 10.0 Å². The second kappa shape index (κ2) is 4.52. The summed E-state index contributed by atoms with van der Waals surface area (Å²) in [5.74, 6) is -0.505. The normalized spacial score (nSPS) is 21.6. The SMILES string of the molecule is CC1(C)C(C(=O)N(CCO)CC(F)F)C1(C)C. The van der Waals surface area contributed by atoms with E-state index in [9.17, 15) is 13.6 Å². The van der Waals surface area contributed by atoms with Gasteiger partial charge in [-0.05, 0) is 10.8 Å². The molecule has 1 aliphatic rings. The van der Waals surface area contributed by atoms with E-state index in [2.05, 4.69) is 0 Å². The quantitative estimate of drug-likeness (QED) is 0.806. The van der Waals surface area contributed by atoms with Crippen molar-refractivity contribution in [1.29, 1.82) is 0 Å². The van der Waals surface area contributed by atoms with Gasteiger partial charge in [-0.3, -0.25) is 4.79 Å². The minimum Gasteiger partial charge on any atom is -0.395 e. The molecule has 0 heterocycles. The van der Waals surface area contributed by atoms with Crippen LogP contribution >= 0.6 is 0 Å². The molecule has 17 heavy (non-hydrogen) atoms. The minimum atomic E-state index is -2.56. The molecule has 0 aromatic heterocycles. The first-order valence-electron chi connectivity index (χ1n) is 5.84. The first-order chi connectivity index (χ1) is 7.66. The van der Waals surface area contributed by atoms with Crippen molar-refractivity contribution in [3.63, 3.8) is 0 Å². The third kappa shape index (κ3) is 2.44. The van der Waals surface area contributed by atoms with Crippen LogP contribution in [-0.4, -0.2) is 42.0 Å². The Kier molecular flexibility index (Phi) is 3.81. The highest BCUT2D eigenvalue weighted by Gasteiger charge is 2.68. The number of nitrogens with zero attached hydrogens (tertiary/aromatic N) is 1. The summed E-state index contributed by atoms with van der Waals surface area (Å²) in [6.07, 6.45) is -2.56. The van der Waals surface area contributed by atoms with Crippen molar-refractivity contribution in [2.75, 3.05) is 19.7 Å². The van der Waals surface area contributed by atoms with E-state index in [4.69, 9.17) is 5.11 Å². The molecule has 5 heteroatoms. The van der Waals surface area contributed by atoms with Gasteiger partial charge in [-0.1, -0.05) is 27.7 Å². The molecule has 1 N–H and O–H groups in total. The maximum atomic E-state index is 12.4. The molecule has 1 rings (SSSR count). The zero-order valence-corrected chi connectivity index (χ0v) is 10.8. The fourth-order valence-corrected chi connectivity index (χ4v) is 2.58. The predicted molar refractivity (Wildman–Crippen MR) is 60.7 cm³/mol. The maximum Gasteiger partial charge on any atom is 0.255 e. The van der Waals surface area contributed by atoms with Crippen LogP contribution < -0.4 is 0 Å². The van der Waals surface area contributed by atoms with Gasteiger partial charge in [0.25, 0.3) is 6.43 Å². The van der Waals surface area contributed by atoms with E-state index in [0.29, 0.717) is 0 Å². The molecule has 1 fully saturated rings. The Bertz CT molecular complexity index is 289. The van der Waals surface area contributed by atoms with Gasteiger partial charge in [0.05, 0.1) is 13.2 Å². The van der Waals surface area contributed by atoms with Crippen molar-refractivity contribution < 1.29 is 18.7 Å². The van der Waals surface area contributed by atoms with Crippen molar-refractivity contribution in [3.8, 4) is 0 Å². The van der Waals surface area contributed by atoms with E-state index in [1.165, 1.54) is 0 Å². The number of amides is 1. The Hall–Kier alpha value is -0.710. The lowest BCUT2D eigenvalue weighted by Gasteiger charge is -2.22. The third-order valence-corrected chi connectivity index (χ3v) is 4.31. The molecule has 100 valence electrons. The molecule has 3 nitrogen and oxygen atoms in total. The Balaban J connectivity index is 2.74. The summed E-state index contributed by atoms with van der Waals surface area (Å²) in [7, 11) is 0. The first kappa shape index (κ1) is 14.4. The molecule has 1 amide bonds. The molecule has 1 aliphatic carbocycles. The molecule has 0 radical (unpaired) electrons. The number of rotatable bonds is 5. The average molecular weight is 249 g/mol. The summed E-state index contributed by atoms with van der Waals surface area (Å²) in [4.78, 5) is 13.2. The van der Waals surface area contributed by atoms with Gasteiger partial charge in [0, 0.05) is 12.5 Å². The maximum absolute atomic E-state index is 12.4. The monoisotopic (exact) mass is 249 g/mol. The standard InChI is InChI=1S/C12H21F2NO2/c1-11(2)9(12(11,3)4)10(17)15(5-6-16)7-8(13)14/h8-9,16H,5-7H2,1-4H3. The lowest BCUT2D eigenvalue weighted by molar-refractivity contribution is -0.136. The summed E-state index contributed by atoms with van der Waals surface area (Å²) >= 11 is 0. The van der Waals surface area contributed by atoms with E-state index in [0.717, 1.165) is 4.90 Å². The number of hydrogen-bond donors (Lipinski definition) is 1. The van der Waals surface area contributed by atoms with Crippen LogP contribution in [0.4, 0.5) is 8.78 Å². The van der Waals surface area contributed by atoms with E-state index < -0.39 is 13.0 Å². The van der Waals surface area contributed by atoms with Crippen LogP contribution in [0.15, 0.2) is 0 Å². The Labute approximate surface area is 101 Å². The molecule has 0 unspecified atom stereocenters. The average Bonchev–Trinajstić information content (AvgIpc) is 2.55. The number of carbonyl (C=O) groups excluding carboxylic acids is 1. The van der Waals surface area contributed by atoms with Gasteiger partial charge >= 0.3 is 0 Å². The van der Waals surface area contributed by atoms with Gasteiger partial charge in [0.2, 0.25) is 5.91 Å². The molecule has 0 aromatic rings. The highest BCUT2D eigenvalue weighted by atomic mass is 19.3. The van der Waals surface area contributed by atoms with Crippen LogP contribution in [0.25, 0.3) is 0 Å². The lowest BCUT2D eigenvalue weighted by Crippen LogP contribution is -2.39. The highest BCUT2D eigenvalue weighted by molar-refractivity contribution is 5.84. The lowest BCUT2D eigenvalue weighted by atomic mass is 10.0. The number of aliphatic hydroxyl groups excluding tert-OH is 1. The summed E-state index contributed by atoms with van der Waals surface area (Å²) in [5.41, 5.74) is -0.334. The molecule has 0 aromatic carbocycles. The van der Waals surface area contributed by atoms with E-state index in [1.807, 2.05) is 27.7 Å². The van der Waals surface area contributed by atoms with E-state index in [1.54, 1.807) is 0 Å². The zero-order chi connectivity index (χ0) is 13.4. The van der Waals surface area contributed by atoms with Crippen LogP contribution in [0.1, 0.15) is 27.7 Å². The summed E-state index contributed by atoms with van der Waals surface area (Å²) in [6.45, 7) is 6.97. The highest BCUT2D eigenvalue weighted by Crippen LogP contribution is 2.68. The van der Waals surface area contributed by atoms with Gasteiger partial charge in [0.15, 0.2) is 0 Å². The second-order valence-electron chi connectivity index (χ2n) is 5.78. The van der Waals surface area contributed by atoms with Crippen LogP contribution in [0.5, 0.6) is 0 Å². The van der Waals surface area contributed by atoms with Crippen molar-refractivity contribution in [1.82, 2.24) is 4.90 Å². The number of alkyl halides is 2. The van der Waals surface area contributed by atoms with Gasteiger partial charge in [0.1, 0.15) is 0 Å². The van der Waals surface area contributed by atoms with Crippen molar-refractivity contribution in [2.45, 2.75) is 34.1 Å². The van der Waals surface area contributed by atoms with Gasteiger partial charge in [-0.15, -0.1) is 0 Å². The molecule has 0 saturated heterocycles. The molecular weight excluding hydrogens is 228 g/mol. The summed E-state index contributed by atoms with van der Waals surface area (Å²) in [6, 6.07) is 0. The topological polar surface area (TPSA) is 40.5 Å². The largest absolute Gasteiger partial charge is 0.395 e. The number of halogens is 2. The Morgan fingerprint density at radius 1 is 1.29 bits per heavy atom. The summed E-state index contributed by atoms with van der Waals surface area (Å²) in [5, 5.41) is 8.82. The molecule has 0 bridgehead atoms. The smallest absolute Gasteiger partial charge is 0.255 e. The fraction of sp³-hybridized carbons (Fsp3) is 0.917. The van der Waals surface area contributed by atoms with Crippen LogP contribution in [-0.2, 0) is 4.79 Å². The number of hydrogen-bond acceptors (Lipinski definition) is 2. The molecule has 0 aliphatic heterocycles. The minimum absolute atomic E-state index is 0.0220. The molecule has 0 spiro atoms. The van der Waals surface area contributed by atoms with Crippen molar-refractivity contribution in [3.05, 3.63) is 0 Å². The molecule has 1 saturated carbocycles. The van der Waals surface area contributed by atoms with E-state index >= 15 is 0 Å². The first-order valence-corrected chi connectivity index (χ1v) is 5.84. The fourth-order valence-electron chi connectivity index (χ4n) is 2.58. The Morgan fingerprint density at radius 3 is 2.06 bits per heavy atom. The molecule has 0 atom stereocenters. The number of carbonyl (C=O) groups is 1. The van der Waals surface area contributed by atoms with Gasteiger partial charge in [-0.25, -0.2) is 8.78 Å². The van der Waals surface area contributed by atoms with Crippen molar-refractivity contribution in [2.24, 2.45) is 16.7 Å². The second-order valence-corrected chi connectivity index (χ2v) is 5.78.